The molecule has 0 saturated carbocycles. The van der Waals surface area contributed by atoms with E-state index in [2.05, 4.69) is 38.2 Å². The zero-order chi connectivity index (χ0) is 17.8. The van der Waals surface area contributed by atoms with Gasteiger partial charge in [0.25, 0.3) is 0 Å². The molecule has 1 aromatic heterocycles. The Morgan fingerprint density at radius 2 is 1.96 bits per heavy atom. The van der Waals surface area contributed by atoms with Crippen molar-refractivity contribution in [2.45, 2.75) is 25.4 Å². The fraction of sp³-hybridized carbons (Fsp3) is 0.450. The number of halogens is 1. The van der Waals surface area contributed by atoms with Crippen LogP contribution in [0.3, 0.4) is 0 Å². The number of nitrogens with one attached hydrogen (secondary N) is 3. The predicted molar refractivity (Wildman–Crippen MR) is 101 cm³/mol. The molecule has 2 unspecified atom stereocenters. The lowest BCUT2D eigenvalue weighted by Gasteiger charge is -2.20. The molecule has 26 heavy (non-hydrogen) atoms. The molecule has 1 aromatic carbocycles. The summed E-state index contributed by atoms with van der Waals surface area (Å²) in [5, 5.41) is 3.57. The molecule has 0 amide bonds. The number of pyridine rings is 1. The standard InChI is InChI=1S/C20H26FN5/c21-18-5-3-16(4-6-18)20-17(14-24-25-20)13-22-12-15-7-8-23-19(11-15)26-9-1-2-10-26/h3-8,11,17,20,22,24-25H,1-2,9-10,12-14H2. The molecule has 4 rings (SSSR count). The number of hydrogen-bond donors (Lipinski definition) is 3. The van der Waals surface area contributed by atoms with E-state index in [0.29, 0.717) is 5.92 Å². The van der Waals surface area contributed by atoms with Crippen LogP contribution in [-0.2, 0) is 6.54 Å². The van der Waals surface area contributed by atoms with E-state index >= 15 is 0 Å². The van der Waals surface area contributed by atoms with Crippen LogP contribution < -0.4 is 21.1 Å². The highest BCUT2D eigenvalue weighted by Gasteiger charge is 2.27. The molecule has 138 valence electrons. The summed E-state index contributed by atoms with van der Waals surface area (Å²) in [5.74, 6) is 1.32. The van der Waals surface area contributed by atoms with Gasteiger partial charge >= 0.3 is 0 Å². The minimum Gasteiger partial charge on any atom is -0.357 e. The molecule has 2 aromatic rings. The smallest absolute Gasteiger partial charge is 0.128 e. The Morgan fingerprint density at radius 1 is 1.15 bits per heavy atom. The number of anilines is 1. The minimum absolute atomic E-state index is 0.194. The number of hydrogen-bond acceptors (Lipinski definition) is 5. The number of aromatic nitrogens is 1. The van der Waals surface area contributed by atoms with Gasteiger partial charge in [-0.3, -0.25) is 5.43 Å². The van der Waals surface area contributed by atoms with Gasteiger partial charge in [0, 0.05) is 44.8 Å². The Labute approximate surface area is 154 Å². The summed E-state index contributed by atoms with van der Waals surface area (Å²) in [5.41, 5.74) is 8.92. The summed E-state index contributed by atoms with van der Waals surface area (Å²) < 4.78 is 13.1. The van der Waals surface area contributed by atoms with Gasteiger partial charge in [-0.15, -0.1) is 0 Å². The normalized spacial score (nSPS) is 22.9. The van der Waals surface area contributed by atoms with Crippen LogP contribution in [-0.4, -0.2) is 31.2 Å². The molecule has 2 atom stereocenters. The van der Waals surface area contributed by atoms with Crippen molar-refractivity contribution in [3.63, 3.8) is 0 Å². The maximum absolute atomic E-state index is 13.1. The number of nitrogens with zero attached hydrogens (tertiary/aromatic N) is 2. The molecule has 2 fully saturated rings. The average Bonchev–Trinajstić information content (AvgIpc) is 3.35. The highest BCUT2D eigenvalue weighted by molar-refractivity contribution is 5.41. The van der Waals surface area contributed by atoms with Crippen molar-refractivity contribution < 1.29 is 4.39 Å². The van der Waals surface area contributed by atoms with Crippen molar-refractivity contribution in [2.75, 3.05) is 31.1 Å². The van der Waals surface area contributed by atoms with Crippen LogP contribution in [0.1, 0.15) is 30.0 Å². The van der Waals surface area contributed by atoms with Crippen LogP contribution in [0.4, 0.5) is 10.2 Å². The van der Waals surface area contributed by atoms with Crippen molar-refractivity contribution in [1.29, 1.82) is 0 Å². The van der Waals surface area contributed by atoms with Gasteiger partial charge in [-0.1, -0.05) is 12.1 Å². The predicted octanol–water partition coefficient (Wildman–Crippen LogP) is 2.38. The number of rotatable bonds is 6. The van der Waals surface area contributed by atoms with Gasteiger partial charge in [-0.05, 0) is 48.2 Å². The molecule has 2 aliphatic rings. The fourth-order valence-electron chi connectivity index (χ4n) is 3.84. The van der Waals surface area contributed by atoms with E-state index in [-0.39, 0.29) is 11.9 Å². The molecule has 0 aliphatic carbocycles. The van der Waals surface area contributed by atoms with Crippen molar-refractivity contribution in [3.05, 3.63) is 59.5 Å². The average molecular weight is 355 g/mol. The Balaban J connectivity index is 1.32. The van der Waals surface area contributed by atoms with Gasteiger partial charge in [-0.2, -0.15) is 0 Å². The lowest BCUT2D eigenvalue weighted by atomic mass is 9.95. The second-order valence-corrected chi connectivity index (χ2v) is 7.16. The first-order valence-electron chi connectivity index (χ1n) is 9.44. The van der Waals surface area contributed by atoms with Crippen LogP contribution in [0.5, 0.6) is 0 Å². The molecule has 2 saturated heterocycles. The van der Waals surface area contributed by atoms with E-state index in [1.54, 1.807) is 0 Å². The van der Waals surface area contributed by atoms with Gasteiger partial charge in [0.1, 0.15) is 11.6 Å². The van der Waals surface area contributed by atoms with Crippen molar-refractivity contribution in [3.8, 4) is 0 Å². The molecule has 5 nitrogen and oxygen atoms in total. The van der Waals surface area contributed by atoms with Gasteiger partial charge in [0.15, 0.2) is 0 Å². The number of benzene rings is 1. The van der Waals surface area contributed by atoms with Gasteiger partial charge < -0.3 is 10.2 Å². The Morgan fingerprint density at radius 3 is 2.77 bits per heavy atom. The molecule has 6 heteroatoms. The third-order valence-corrected chi connectivity index (χ3v) is 5.30. The zero-order valence-electron chi connectivity index (χ0n) is 14.9. The molecular formula is C20H26FN5. The third kappa shape index (κ3) is 4.03. The van der Waals surface area contributed by atoms with Crippen molar-refractivity contribution in [1.82, 2.24) is 21.2 Å². The van der Waals surface area contributed by atoms with Crippen LogP contribution in [0.2, 0.25) is 0 Å². The van der Waals surface area contributed by atoms with E-state index in [9.17, 15) is 4.39 Å². The maximum atomic E-state index is 13.1. The molecule has 3 N–H and O–H groups in total. The van der Waals surface area contributed by atoms with Crippen LogP contribution >= 0.6 is 0 Å². The maximum Gasteiger partial charge on any atom is 0.128 e. The first kappa shape index (κ1) is 17.4. The lowest BCUT2D eigenvalue weighted by molar-refractivity contribution is 0.441. The van der Waals surface area contributed by atoms with Crippen molar-refractivity contribution >= 4 is 5.82 Å². The zero-order valence-corrected chi connectivity index (χ0v) is 14.9. The van der Waals surface area contributed by atoms with Crippen LogP contribution in [0.15, 0.2) is 42.6 Å². The topological polar surface area (TPSA) is 52.2 Å². The van der Waals surface area contributed by atoms with E-state index in [1.807, 2.05) is 18.3 Å². The van der Waals surface area contributed by atoms with E-state index in [1.165, 1.54) is 30.5 Å². The summed E-state index contributed by atoms with van der Waals surface area (Å²) >= 11 is 0. The fourth-order valence-corrected chi connectivity index (χ4v) is 3.84. The number of hydrazine groups is 1. The minimum atomic E-state index is -0.194. The molecule has 3 heterocycles. The summed E-state index contributed by atoms with van der Waals surface area (Å²) in [6.45, 7) is 4.84. The molecule has 0 spiro atoms. The quantitative estimate of drug-likeness (QED) is 0.743. The third-order valence-electron chi connectivity index (χ3n) is 5.30. The lowest BCUT2D eigenvalue weighted by Crippen LogP contribution is -2.28. The second-order valence-electron chi connectivity index (χ2n) is 7.16. The highest BCUT2D eigenvalue weighted by Crippen LogP contribution is 2.24. The Hall–Kier alpha value is -2.02. The van der Waals surface area contributed by atoms with Gasteiger partial charge in [-0.25, -0.2) is 14.8 Å². The van der Waals surface area contributed by atoms with Crippen LogP contribution in [0, 0.1) is 11.7 Å². The Kier molecular flexibility index (Phi) is 5.43. The molecule has 0 bridgehead atoms. The molecule has 2 aliphatic heterocycles. The van der Waals surface area contributed by atoms with Gasteiger partial charge in [0.05, 0.1) is 6.04 Å². The summed E-state index contributed by atoms with van der Waals surface area (Å²) in [6, 6.07) is 11.2. The summed E-state index contributed by atoms with van der Waals surface area (Å²) in [4.78, 5) is 6.87. The monoisotopic (exact) mass is 355 g/mol. The Bertz CT molecular complexity index is 714. The largest absolute Gasteiger partial charge is 0.357 e. The van der Waals surface area contributed by atoms with E-state index in [0.717, 1.165) is 44.1 Å². The highest BCUT2D eigenvalue weighted by atomic mass is 19.1. The second kappa shape index (κ2) is 8.12. The van der Waals surface area contributed by atoms with E-state index in [4.69, 9.17) is 0 Å². The first-order valence-corrected chi connectivity index (χ1v) is 9.44. The van der Waals surface area contributed by atoms with Crippen LogP contribution in [0.25, 0.3) is 0 Å². The SMILES string of the molecule is Fc1ccc(C2NNCC2CNCc2ccnc(N3CCCC3)c2)cc1. The molecule has 0 radical (unpaired) electrons. The summed E-state index contributed by atoms with van der Waals surface area (Å²) in [7, 11) is 0. The molecular weight excluding hydrogens is 329 g/mol. The first-order chi connectivity index (χ1) is 12.8. The van der Waals surface area contributed by atoms with Gasteiger partial charge in [0.2, 0.25) is 0 Å². The van der Waals surface area contributed by atoms with E-state index < -0.39 is 0 Å². The van der Waals surface area contributed by atoms with Crippen molar-refractivity contribution in [2.24, 2.45) is 5.92 Å². The summed E-state index contributed by atoms with van der Waals surface area (Å²) in [6.07, 6.45) is 4.43.